The zero-order chi connectivity index (χ0) is 21.4. The van der Waals surface area contributed by atoms with Gasteiger partial charge in [-0.1, -0.05) is 0 Å². The average Bonchev–Trinajstić information content (AvgIpc) is 3.46. The Morgan fingerprint density at radius 3 is 2.48 bits per heavy atom. The van der Waals surface area contributed by atoms with Crippen molar-refractivity contribution >= 4 is 28.2 Å². The SMILES string of the molecule is CC(C)(C)N1CCN(c2ccc(Nc3nc(-c4cocn4)nc4cn[nH]c34)cc2)CC1. The van der Waals surface area contributed by atoms with Crippen molar-refractivity contribution in [3.8, 4) is 11.5 Å². The summed E-state index contributed by atoms with van der Waals surface area (Å²) in [6.07, 6.45) is 4.57. The van der Waals surface area contributed by atoms with Crippen LogP contribution in [0.4, 0.5) is 17.2 Å². The second kappa shape index (κ2) is 7.66. The molecule has 4 heterocycles. The second-order valence-corrected chi connectivity index (χ2v) is 8.72. The molecule has 1 aliphatic heterocycles. The van der Waals surface area contributed by atoms with Crippen LogP contribution in [0.2, 0.25) is 0 Å². The molecule has 0 saturated carbocycles. The molecule has 0 radical (unpaired) electrons. The van der Waals surface area contributed by atoms with E-state index >= 15 is 0 Å². The van der Waals surface area contributed by atoms with Gasteiger partial charge in [-0.3, -0.25) is 10.00 Å². The lowest BCUT2D eigenvalue weighted by molar-refractivity contribution is 0.128. The Labute approximate surface area is 180 Å². The molecule has 0 spiro atoms. The van der Waals surface area contributed by atoms with Crippen molar-refractivity contribution in [2.24, 2.45) is 0 Å². The van der Waals surface area contributed by atoms with Crippen LogP contribution in [0.5, 0.6) is 0 Å². The van der Waals surface area contributed by atoms with Crippen molar-refractivity contribution in [1.29, 1.82) is 0 Å². The van der Waals surface area contributed by atoms with Gasteiger partial charge in [0.2, 0.25) is 0 Å². The number of aromatic amines is 1. The quantitative estimate of drug-likeness (QED) is 0.518. The number of fused-ring (bicyclic) bond motifs is 1. The highest BCUT2D eigenvalue weighted by atomic mass is 16.3. The summed E-state index contributed by atoms with van der Waals surface area (Å²) >= 11 is 0. The molecule has 1 aromatic carbocycles. The molecule has 3 aromatic heterocycles. The lowest BCUT2D eigenvalue weighted by Crippen LogP contribution is -2.53. The predicted octanol–water partition coefficient (Wildman–Crippen LogP) is 3.67. The van der Waals surface area contributed by atoms with E-state index in [0.717, 1.165) is 37.4 Å². The van der Waals surface area contributed by atoms with Crippen molar-refractivity contribution < 1.29 is 4.42 Å². The van der Waals surface area contributed by atoms with Crippen LogP contribution in [0.3, 0.4) is 0 Å². The van der Waals surface area contributed by atoms with Gasteiger partial charge in [-0.25, -0.2) is 15.0 Å². The molecule has 1 saturated heterocycles. The Morgan fingerprint density at radius 1 is 1.03 bits per heavy atom. The molecule has 5 rings (SSSR count). The maximum Gasteiger partial charge on any atom is 0.184 e. The van der Waals surface area contributed by atoms with Gasteiger partial charge in [0.25, 0.3) is 0 Å². The Bertz CT molecular complexity index is 1150. The van der Waals surface area contributed by atoms with E-state index in [2.05, 4.69) is 85.3 Å². The van der Waals surface area contributed by atoms with E-state index in [4.69, 9.17) is 4.42 Å². The van der Waals surface area contributed by atoms with Gasteiger partial charge in [-0.05, 0) is 45.0 Å². The van der Waals surface area contributed by atoms with Gasteiger partial charge in [0, 0.05) is 43.1 Å². The van der Waals surface area contributed by atoms with E-state index in [1.165, 1.54) is 18.3 Å². The third kappa shape index (κ3) is 3.96. The number of nitrogens with one attached hydrogen (secondary N) is 2. The predicted molar refractivity (Wildman–Crippen MR) is 120 cm³/mol. The van der Waals surface area contributed by atoms with E-state index in [1.54, 1.807) is 6.20 Å². The summed E-state index contributed by atoms with van der Waals surface area (Å²) in [7, 11) is 0. The van der Waals surface area contributed by atoms with Gasteiger partial charge < -0.3 is 14.6 Å². The van der Waals surface area contributed by atoms with Crippen LogP contribution >= 0.6 is 0 Å². The first-order valence-electron chi connectivity index (χ1n) is 10.4. The summed E-state index contributed by atoms with van der Waals surface area (Å²) in [5.74, 6) is 1.13. The minimum Gasteiger partial charge on any atom is -0.451 e. The van der Waals surface area contributed by atoms with E-state index in [1.807, 2.05) is 0 Å². The number of hydrogen-bond donors (Lipinski definition) is 2. The number of H-pyrrole nitrogens is 1. The number of anilines is 3. The highest BCUT2D eigenvalue weighted by molar-refractivity contribution is 5.88. The second-order valence-electron chi connectivity index (χ2n) is 8.72. The van der Waals surface area contributed by atoms with Gasteiger partial charge in [0.1, 0.15) is 23.0 Å². The molecule has 9 heteroatoms. The van der Waals surface area contributed by atoms with Gasteiger partial charge in [-0.15, -0.1) is 0 Å². The fourth-order valence-corrected chi connectivity index (χ4v) is 3.90. The Kier molecular flexibility index (Phi) is 4.82. The fraction of sp³-hybridized carbons (Fsp3) is 0.364. The van der Waals surface area contributed by atoms with Gasteiger partial charge in [-0.2, -0.15) is 5.10 Å². The number of benzene rings is 1. The minimum absolute atomic E-state index is 0.222. The molecule has 31 heavy (non-hydrogen) atoms. The van der Waals surface area contributed by atoms with Crippen LogP contribution in [-0.2, 0) is 0 Å². The maximum atomic E-state index is 5.07. The Balaban J connectivity index is 1.34. The summed E-state index contributed by atoms with van der Waals surface area (Å²) in [4.78, 5) is 18.2. The van der Waals surface area contributed by atoms with E-state index in [9.17, 15) is 0 Å². The molecule has 0 amide bonds. The number of hydrogen-bond acceptors (Lipinski definition) is 8. The van der Waals surface area contributed by atoms with E-state index in [0.29, 0.717) is 22.9 Å². The fourth-order valence-electron chi connectivity index (χ4n) is 3.90. The van der Waals surface area contributed by atoms with Gasteiger partial charge in [0.05, 0.1) is 6.20 Å². The third-order valence-corrected chi connectivity index (χ3v) is 5.69. The van der Waals surface area contributed by atoms with Crippen LogP contribution in [0.15, 0.2) is 47.5 Å². The maximum absolute atomic E-state index is 5.07. The van der Waals surface area contributed by atoms with Crippen molar-refractivity contribution in [3.05, 3.63) is 43.1 Å². The zero-order valence-electron chi connectivity index (χ0n) is 18.0. The molecule has 0 unspecified atom stereocenters. The van der Waals surface area contributed by atoms with Gasteiger partial charge in [0.15, 0.2) is 18.0 Å². The molecule has 0 bridgehead atoms. The highest BCUT2D eigenvalue weighted by Crippen LogP contribution is 2.27. The van der Waals surface area contributed by atoms with Crippen molar-refractivity contribution in [2.45, 2.75) is 26.3 Å². The van der Waals surface area contributed by atoms with E-state index in [-0.39, 0.29) is 5.54 Å². The molecule has 1 fully saturated rings. The summed E-state index contributed by atoms with van der Waals surface area (Å²) < 4.78 is 5.07. The monoisotopic (exact) mass is 418 g/mol. The Hall–Kier alpha value is -3.46. The standard InChI is InChI=1S/C22H26N8O/c1-22(2,3)30-10-8-29(9-11-30)16-6-4-15(5-7-16)25-21-19-17(12-24-28-19)26-20(27-21)18-13-31-14-23-18/h4-7,12-14H,8-11H2,1-3H3,(H,24,28)(H,25,26,27). The zero-order valence-corrected chi connectivity index (χ0v) is 18.0. The summed E-state index contributed by atoms with van der Waals surface area (Å²) in [5.41, 5.74) is 4.43. The number of aromatic nitrogens is 5. The normalized spacial score (nSPS) is 15.5. The Morgan fingerprint density at radius 2 is 1.81 bits per heavy atom. The smallest absolute Gasteiger partial charge is 0.184 e. The van der Waals surface area contributed by atoms with Crippen LogP contribution in [0, 0.1) is 0 Å². The first kappa shape index (κ1) is 19.5. The summed E-state index contributed by atoms with van der Waals surface area (Å²) in [6, 6.07) is 8.45. The summed E-state index contributed by atoms with van der Waals surface area (Å²) in [5, 5.41) is 10.5. The first-order valence-corrected chi connectivity index (χ1v) is 10.4. The average molecular weight is 419 g/mol. The van der Waals surface area contributed by atoms with Gasteiger partial charge >= 0.3 is 0 Å². The van der Waals surface area contributed by atoms with Crippen molar-refractivity contribution in [2.75, 3.05) is 36.4 Å². The lowest BCUT2D eigenvalue weighted by atomic mass is 10.0. The number of piperazine rings is 1. The molecule has 0 aliphatic carbocycles. The summed E-state index contributed by atoms with van der Waals surface area (Å²) in [6.45, 7) is 11.1. The molecule has 160 valence electrons. The molecule has 2 N–H and O–H groups in total. The van der Waals surface area contributed by atoms with Crippen LogP contribution in [0.1, 0.15) is 20.8 Å². The topological polar surface area (TPSA) is 99.0 Å². The van der Waals surface area contributed by atoms with Crippen LogP contribution < -0.4 is 10.2 Å². The van der Waals surface area contributed by atoms with Crippen LogP contribution in [-0.4, -0.2) is 61.8 Å². The third-order valence-electron chi connectivity index (χ3n) is 5.69. The van der Waals surface area contributed by atoms with Crippen LogP contribution in [0.25, 0.3) is 22.6 Å². The molecular formula is C22H26N8O. The first-order chi connectivity index (χ1) is 15.0. The van der Waals surface area contributed by atoms with Crippen molar-refractivity contribution in [1.82, 2.24) is 30.0 Å². The molecule has 9 nitrogen and oxygen atoms in total. The highest BCUT2D eigenvalue weighted by Gasteiger charge is 2.25. The molecule has 4 aromatic rings. The van der Waals surface area contributed by atoms with Crippen molar-refractivity contribution in [3.63, 3.8) is 0 Å². The number of nitrogens with zero attached hydrogens (tertiary/aromatic N) is 6. The molecular weight excluding hydrogens is 392 g/mol. The van der Waals surface area contributed by atoms with E-state index < -0.39 is 0 Å². The number of rotatable bonds is 4. The molecule has 0 atom stereocenters. The largest absolute Gasteiger partial charge is 0.451 e. The lowest BCUT2D eigenvalue weighted by Gasteiger charge is -2.43. The number of oxazole rings is 1. The minimum atomic E-state index is 0.222. The molecule has 1 aliphatic rings.